The Morgan fingerprint density at radius 2 is 2.14 bits per heavy atom. The summed E-state index contributed by atoms with van der Waals surface area (Å²) in [6.07, 6.45) is 0.863. The number of halogens is 1. The van der Waals surface area contributed by atoms with Crippen LogP contribution in [0.25, 0.3) is 0 Å². The number of aromatic nitrogens is 3. The minimum absolute atomic E-state index is 0.117. The second-order valence-electron chi connectivity index (χ2n) is 4.44. The average molecular weight is 307 g/mol. The number of hydrogen-bond acceptors (Lipinski definition) is 6. The Labute approximate surface area is 127 Å². The molecule has 6 nitrogen and oxygen atoms in total. The number of benzene rings is 1. The summed E-state index contributed by atoms with van der Waals surface area (Å²) in [5.74, 6) is 1.28. The van der Waals surface area contributed by atoms with Crippen LogP contribution in [0.4, 0.5) is 11.6 Å². The Morgan fingerprint density at radius 3 is 3.00 bits per heavy atom. The van der Waals surface area contributed by atoms with E-state index in [1.165, 1.54) is 0 Å². The summed E-state index contributed by atoms with van der Waals surface area (Å²) in [6.45, 7) is 3.74. The molecule has 21 heavy (non-hydrogen) atoms. The molecule has 1 aromatic carbocycles. The number of para-hydroxylation sites is 2. The Balaban J connectivity index is 2.03. The first-order chi connectivity index (χ1) is 10.3. The van der Waals surface area contributed by atoms with E-state index in [0.29, 0.717) is 19.2 Å². The van der Waals surface area contributed by atoms with Gasteiger partial charge in [-0.2, -0.15) is 15.0 Å². The molecule has 1 aromatic heterocycles. The molecule has 7 heteroatoms. The van der Waals surface area contributed by atoms with Gasteiger partial charge >= 0.3 is 6.01 Å². The molecule has 2 aromatic rings. The van der Waals surface area contributed by atoms with Gasteiger partial charge in [0, 0.05) is 6.54 Å². The van der Waals surface area contributed by atoms with Crippen LogP contribution in [0.1, 0.15) is 13.3 Å². The van der Waals surface area contributed by atoms with Gasteiger partial charge in [0.05, 0.1) is 18.9 Å². The third-order valence-electron chi connectivity index (χ3n) is 3.03. The second kappa shape index (κ2) is 6.13. The fraction of sp³-hybridized carbons (Fsp3) is 0.357. The van der Waals surface area contributed by atoms with Gasteiger partial charge < -0.3 is 14.4 Å². The van der Waals surface area contributed by atoms with Crippen molar-refractivity contribution in [2.24, 2.45) is 0 Å². The van der Waals surface area contributed by atoms with Crippen LogP contribution in [-0.4, -0.2) is 34.7 Å². The summed E-state index contributed by atoms with van der Waals surface area (Å²) in [5.41, 5.74) is 0.916. The fourth-order valence-electron chi connectivity index (χ4n) is 2.17. The highest BCUT2D eigenvalue weighted by Crippen LogP contribution is 2.34. The van der Waals surface area contributed by atoms with Crippen molar-refractivity contribution in [3.8, 4) is 11.8 Å². The van der Waals surface area contributed by atoms with E-state index in [9.17, 15) is 0 Å². The van der Waals surface area contributed by atoms with E-state index in [1.807, 2.05) is 36.1 Å². The summed E-state index contributed by atoms with van der Waals surface area (Å²) in [5, 5.41) is 0.117. The third kappa shape index (κ3) is 3.00. The van der Waals surface area contributed by atoms with E-state index in [0.717, 1.165) is 24.4 Å². The zero-order valence-electron chi connectivity index (χ0n) is 11.6. The highest BCUT2D eigenvalue weighted by Gasteiger charge is 2.21. The van der Waals surface area contributed by atoms with Crippen LogP contribution in [0.3, 0.4) is 0 Å². The molecule has 0 unspecified atom stereocenters. The van der Waals surface area contributed by atoms with Gasteiger partial charge in [0.1, 0.15) is 5.75 Å². The molecule has 0 spiro atoms. The SMILES string of the molecule is CCOc1nc(Cl)nc(N2CCCOc3ccccc32)n1. The van der Waals surface area contributed by atoms with Crippen LogP contribution in [0, 0.1) is 0 Å². The molecule has 0 fully saturated rings. The lowest BCUT2D eigenvalue weighted by Gasteiger charge is -2.21. The predicted molar refractivity (Wildman–Crippen MR) is 79.6 cm³/mol. The van der Waals surface area contributed by atoms with Crippen molar-refractivity contribution in [3.05, 3.63) is 29.5 Å². The minimum Gasteiger partial charge on any atom is -0.491 e. The van der Waals surface area contributed by atoms with E-state index < -0.39 is 0 Å². The van der Waals surface area contributed by atoms with E-state index in [1.54, 1.807) is 0 Å². The van der Waals surface area contributed by atoms with Crippen LogP contribution in [0.2, 0.25) is 5.28 Å². The van der Waals surface area contributed by atoms with Gasteiger partial charge in [0.15, 0.2) is 0 Å². The van der Waals surface area contributed by atoms with Crippen LogP contribution >= 0.6 is 11.6 Å². The molecular formula is C14H15ClN4O2. The molecule has 0 amide bonds. The lowest BCUT2D eigenvalue weighted by atomic mass is 10.2. The highest BCUT2D eigenvalue weighted by atomic mass is 35.5. The highest BCUT2D eigenvalue weighted by molar-refractivity contribution is 6.28. The number of rotatable bonds is 3. The molecule has 110 valence electrons. The van der Waals surface area contributed by atoms with E-state index in [4.69, 9.17) is 21.1 Å². The molecule has 1 aliphatic rings. The lowest BCUT2D eigenvalue weighted by Crippen LogP contribution is -2.21. The van der Waals surface area contributed by atoms with Crippen molar-refractivity contribution in [1.29, 1.82) is 0 Å². The van der Waals surface area contributed by atoms with Gasteiger partial charge in [-0.05, 0) is 37.1 Å². The Bertz CT molecular complexity index is 638. The number of hydrogen-bond donors (Lipinski definition) is 0. The van der Waals surface area contributed by atoms with Crippen molar-refractivity contribution < 1.29 is 9.47 Å². The summed E-state index contributed by atoms with van der Waals surface area (Å²) in [7, 11) is 0. The van der Waals surface area contributed by atoms with Crippen LogP contribution in [-0.2, 0) is 0 Å². The van der Waals surface area contributed by atoms with Gasteiger partial charge in [-0.1, -0.05) is 12.1 Å². The average Bonchev–Trinajstić information content (AvgIpc) is 2.69. The first-order valence-electron chi connectivity index (χ1n) is 6.81. The third-order valence-corrected chi connectivity index (χ3v) is 3.20. The monoisotopic (exact) mass is 306 g/mol. The molecule has 0 N–H and O–H groups in total. The zero-order valence-corrected chi connectivity index (χ0v) is 12.4. The summed E-state index contributed by atoms with van der Waals surface area (Å²) in [4.78, 5) is 14.5. The van der Waals surface area contributed by atoms with Gasteiger partial charge in [0.25, 0.3) is 0 Å². The van der Waals surface area contributed by atoms with Crippen molar-refractivity contribution in [2.75, 3.05) is 24.7 Å². The summed E-state index contributed by atoms with van der Waals surface area (Å²) in [6, 6.07) is 8.02. The quantitative estimate of drug-likeness (QED) is 0.869. The standard InChI is InChI=1S/C14H15ClN4O2/c1-2-20-14-17-12(15)16-13(18-14)19-8-5-9-21-11-7-4-3-6-10(11)19/h3-4,6-7H,2,5,8-9H2,1H3. The molecular weight excluding hydrogens is 292 g/mol. The van der Waals surface area contributed by atoms with Crippen LogP contribution < -0.4 is 14.4 Å². The Hall–Kier alpha value is -2.08. The summed E-state index contributed by atoms with van der Waals surface area (Å²) >= 11 is 5.97. The largest absolute Gasteiger partial charge is 0.491 e. The molecule has 0 bridgehead atoms. The maximum absolute atomic E-state index is 5.97. The fourth-order valence-corrected chi connectivity index (χ4v) is 2.32. The topological polar surface area (TPSA) is 60.4 Å². The maximum Gasteiger partial charge on any atom is 0.322 e. The summed E-state index contributed by atoms with van der Waals surface area (Å²) < 4.78 is 11.1. The molecule has 0 saturated carbocycles. The van der Waals surface area contributed by atoms with E-state index in [2.05, 4.69) is 15.0 Å². The molecule has 1 aliphatic heterocycles. The van der Waals surface area contributed by atoms with E-state index in [-0.39, 0.29) is 11.3 Å². The Morgan fingerprint density at radius 1 is 1.29 bits per heavy atom. The smallest absolute Gasteiger partial charge is 0.322 e. The minimum atomic E-state index is 0.117. The first-order valence-corrected chi connectivity index (χ1v) is 7.19. The number of nitrogens with zero attached hydrogens (tertiary/aromatic N) is 4. The molecule has 0 aliphatic carbocycles. The van der Waals surface area contributed by atoms with Gasteiger partial charge in [-0.25, -0.2) is 0 Å². The number of anilines is 2. The molecule has 2 heterocycles. The lowest BCUT2D eigenvalue weighted by molar-refractivity contribution is 0.311. The molecule has 0 radical (unpaired) electrons. The van der Waals surface area contributed by atoms with Crippen LogP contribution in [0.5, 0.6) is 11.8 Å². The van der Waals surface area contributed by atoms with Crippen molar-refractivity contribution in [1.82, 2.24) is 15.0 Å². The van der Waals surface area contributed by atoms with Crippen molar-refractivity contribution >= 4 is 23.2 Å². The molecule has 0 saturated heterocycles. The van der Waals surface area contributed by atoms with Crippen molar-refractivity contribution in [3.63, 3.8) is 0 Å². The van der Waals surface area contributed by atoms with Gasteiger partial charge in [-0.15, -0.1) is 0 Å². The predicted octanol–water partition coefficient (Wildman–Crippen LogP) is 2.84. The van der Waals surface area contributed by atoms with Crippen molar-refractivity contribution in [2.45, 2.75) is 13.3 Å². The van der Waals surface area contributed by atoms with Gasteiger partial charge in [-0.3, -0.25) is 0 Å². The second-order valence-corrected chi connectivity index (χ2v) is 4.78. The Kier molecular flexibility index (Phi) is 4.06. The maximum atomic E-state index is 5.97. The first kappa shape index (κ1) is 13.9. The zero-order chi connectivity index (χ0) is 14.7. The normalized spacial score (nSPS) is 14.1. The molecule has 3 rings (SSSR count). The molecule has 0 atom stereocenters. The number of ether oxygens (including phenoxy) is 2. The van der Waals surface area contributed by atoms with Gasteiger partial charge in [0.2, 0.25) is 11.2 Å². The van der Waals surface area contributed by atoms with E-state index >= 15 is 0 Å². The van der Waals surface area contributed by atoms with Crippen LogP contribution in [0.15, 0.2) is 24.3 Å². The number of fused-ring (bicyclic) bond motifs is 1.